The Kier molecular flexibility index (Phi) is 9.46. The van der Waals surface area contributed by atoms with Crippen molar-refractivity contribution in [2.45, 2.75) is 26.7 Å². The predicted molar refractivity (Wildman–Crippen MR) is 116 cm³/mol. The summed E-state index contributed by atoms with van der Waals surface area (Å²) in [7, 11) is 0. The van der Waals surface area contributed by atoms with Crippen LogP contribution in [0.1, 0.15) is 37.0 Å². The Morgan fingerprint density at radius 3 is 2.34 bits per heavy atom. The zero-order chi connectivity index (χ0) is 23.5. The lowest BCUT2D eigenvalue weighted by Crippen LogP contribution is -2.37. The van der Waals surface area contributed by atoms with E-state index in [1.807, 2.05) is 13.8 Å². The number of carbonyl (C=O) groups is 3. The highest BCUT2D eigenvalue weighted by Crippen LogP contribution is 2.29. The number of esters is 1. The van der Waals surface area contributed by atoms with Gasteiger partial charge in [0.2, 0.25) is 5.91 Å². The summed E-state index contributed by atoms with van der Waals surface area (Å²) in [5, 5.41) is 0. The van der Waals surface area contributed by atoms with E-state index in [4.69, 9.17) is 19.9 Å². The summed E-state index contributed by atoms with van der Waals surface area (Å²) < 4.78 is 29.5. The molecule has 0 bridgehead atoms. The molecule has 0 saturated heterocycles. The molecule has 0 fully saturated rings. The number of ether oxygens (including phenoxy) is 3. The third-order valence-corrected chi connectivity index (χ3v) is 4.29. The molecule has 2 aromatic rings. The topological polar surface area (TPSA) is 108 Å². The van der Waals surface area contributed by atoms with Crippen LogP contribution in [0.2, 0.25) is 0 Å². The van der Waals surface area contributed by atoms with Crippen molar-refractivity contribution >= 4 is 23.5 Å². The van der Waals surface area contributed by atoms with Crippen LogP contribution in [-0.2, 0) is 14.3 Å². The number of halogens is 1. The fraction of sp³-hybridized carbons (Fsp3) is 0.348. The summed E-state index contributed by atoms with van der Waals surface area (Å²) >= 11 is 0. The second-order valence-corrected chi connectivity index (χ2v) is 6.76. The van der Waals surface area contributed by atoms with Crippen LogP contribution in [0.3, 0.4) is 0 Å². The van der Waals surface area contributed by atoms with E-state index in [1.165, 1.54) is 41.3 Å². The van der Waals surface area contributed by atoms with Crippen LogP contribution in [-0.4, -0.2) is 44.1 Å². The Labute approximate surface area is 186 Å². The lowest BCUT2D eigenvalue weighted by atomic mass is 10.2. The quantitative estimate of drug-likeness (QED) is 0.502. The largest absolute Gasteiger partial charge is 0.490 e. The number of nitrogens with two attached hydrogens (primary N) is 1. The van der Waals surface area contributed by atoms with Gasteiger partial charge in [-0.2, -0.15) is 0 Å². The van der Waals surface area contributed by atoms with Crippen molar-refractivity contribution in [3.63, 3.8) is 0 Å². The molecule has 0 radical (unpaired) electrons. The van der Waals surface area contributed by atoms with Gasteiger partial charge in [0.15, 0.2) is 18.1 Å². The fourth-order valence-corrected chi connectivity index (χ4v) is 2.76. The highest BCUT2D eigenvalue weighted by molar-refractivity contribution is 5.97. The molecule has 32 heavy (non-hydrogen) atoms. The maximum atomic E-state index is 13.2. The van der Waals surface area contributed by atoms with Gasteiger partial charge in [-0.25, -0.2) is 9.18 Å². The van der Waals surface area contributed by atoms with Gasteiger partial charge in [-0.05, 0) is 55.8 Å². The number of anilines is 1. The third kappa shape index (κ3) is 7.26. The van der Waals surface area contributed by atoms with Crippen molar-refractivity contribution in [2.24, 2.45) is 5.73 Å². The van der Waals surface area contributed by atoms with Crippen molar-refractivity contribution in [1.29, 1.82) is 0 Å². The van der Waals surface area contributed by atoms with Gasteiger partial charge in [-0.15, -0.1) is 0 Å². The molecule has 8 nitrogen and oxygen atoms in total. The lowest BCUT2D eigenvalue weighted by Gasteiger charge is -2.22. The Morgan fingerprint density at radius 1 is 1.00 bits per heavy atom. The number of rotatable bonds is 12. The molecule has 0 atom stereocenters. The van der Waals surface area contributed by atoms with Crippen molar-refractivity contribution in [3.05, 3.63) is 53.8 Å². The van der Waals surface area contributed by atoms with E-state index in [1.54, 1.807) is 6.07 Å². The maximum Gasteiger partial charge on any atom is 0.338 e. The van der Waals surface area contributed by atoms with Gasteiger partial charge in [0.05, 0.1) is 18.8 Å². The van der Waals surface area contributed by atoms with E-state index < -0.39 is 30.2 Å². The fourth-order valence-electron chi connectivity index (χ4n) is 2.76. The Balaban J connectivity index is 2.09. The van der Waals surface area contributed by atoms with Crippen molar-refractivity contribution in [2.75, 3.05) is 31.3 Å². The van der Waals surface area contributed by atoms with Gasteiger partial charge in [-0.3, -0.25) is 9.59 Å². The highest BCUT2D eigenvalue weighted by Gasteiger charge is 2.20. The molecule has 2 amide bonds. The number of amides is 2. The number of carbonyl (C=O) groups excluding carboxylic acids is 3. The number of hydrogen-bond acceptors (Lipinski definition) is 6. The molecule has 2 aromatic carbocycles. The molecule has 0 heterocycles. The predicted octanol–water partition coefficient (Wildman–Crippen LogP) is 3.08. The molecule has 0 aliphatic carbocycles. The van der Waals surface area contributed by atoms with Crippen molar-refractivity contribution < 1.29 is 33.0 Å². The van der Waals surface area contributed by atoms with Crippen molar-refractivity contribution in [3.8, 4) is 11.5 Å². The van der Waals surface area contributed by atoms with Gasteiger partial charge >= 0.3 is 5.97 Å². The van der Waals surface area contributed by atoms with Crippen LogP contribution in [0.5, 0.6) is 11.5 Å². The second-order valence-electron chi connectivity index (χ2n) is 6.76. The molecule has 0 spiro atoms. The molecular weight excluding hydrogens is 419 g/mol. The summed E-state index contributed by atoms with van der Waals surface area (Å²) in [6.07, 6.45) is 0.714. The van der Waals surface area contributed by atoms with Gasteiger partial charge < -0.3 is 24.8 Å². The molecule has 0 aliphatic heterocycles. The van der Waals surface area contributed by atoms with E-state index in [0.29, 0.717) is 30.4 Å². The standard InChI is InChI=1S/C23H27FN2O6/c1-3-13-31-19-10-5-16(14-20(19)30-4-2)23(29)32-15-22(28)26(12-11-21(25)27)18-8-6-17(24)7-9-18/h5-10,14H,3-4,11-13,15H2,1-2H3,(H2,25,27). The van der Waals surface area contributed by atoms with Gasteiger partial charge in [0.1, 0.15) is 5.82 Å². The average molecular weight is 446 g/mol. The second kappa shape index (κ2) is 12.3. The van der Waals surface area contributed by atoms with Crippen LogP contribution >= 0.6 is 0 Å². The van der Waals surface area contributed by atoms with E-state index in [0.717, 1.165) is 6.42 Å². The summed E-state index contributed by atoms with van der Waals surface area (Å²) in [6.45, 7) is 4.06. The number of nitrogens with zero attached hydrogens (tertiary/aromatic N) is 1. The zero-order valence-corrected chi connectivity index (χ0v) is 18.1. The Bertz CT molecular complexity index is 933. The van der Waals surface area contributed by atoms with E-state index in [2.05, 4.69) is 0 Å². The minimum absolute atomic E-state index is 0.0324. The minimum atomic E-state index is -0.727. The summed E-state index contributed by atoms with van der Waals surface area (Å²) in [5.41, 5.74) is 5.72. The number of hydrogen-bond donors (Lipinski definition) is 1. The molecule has 0 saturated carbocycles. The van der Waals surface area contributed by atoms with E-state index in [9.17, 15) is 18.8 Å². The van der Waals surface area contributed by atoms with Gasteiger partial charge in [0, 0.05) is 18.7 Å². The first-order chi connectivity index (χ1) is 15.3. The van der Waals surface area contributed by atoms with E-state index >= 15 is 0 Å². The van der Waals surface area contributed by atoms with Crippen molar-refractivity contribution in [1.82, 2.24) is 0 Å². The minimum Gasteiger partial charge on any atom is -0.490 e. The van der Waals surface area contributed by atoms with Gasteiger partial charge in [-0.1, -0.05) is 6.92 Å². The average Bonchev–Trinajstić information content (AvgIpc) is 2.77. The first kappa shape index (κ1) is 24.6. The monoisotopic (exact) mass is 446 g/mol. The zero-order valence-electron chi connectivity index (χ0n) is 18.1. The van der Waals surface area contributed by atoms with Gasteiger partial charge in [0.25, 0.3) is 5.91 Å². The molecule has 2 N–H and O–H groups in total. The maximum absolute atomic E-state index is 13.2. The van der Waals surface area contributed by atoms with Crippen LogP contribution in [0.25, 0.3) is 0 Å². The molecule has 0 aliphatic rings. The summed E-state index contributed by atoms with van der Waals surface area (Å²) in [4.78, 5) is 37.5. The Hall–Kier alpha value is -3.62. The lowest BCUT2D eigenvalue weighted by molar-refractivity contribution is -0.121. The smallest absolute Gasteiger partial charge is 0.338 e. The molecular formula is C23H27FN2O6. The normalized spacial score (nSPS) is 10.3. The molecule has 0 unspecified atom stereocenters. The summed E-state index contributed by atoms with van der Waals surface area (Å²) in [5.74, 6) is -1.48. The molecule has 0 aromatic heterocycles. The molecule has 172 valence electrons. The Morgan fingerprint density at radius 2 is 1.72 bits per heavy atom. The first-order valence-corrected chi connectivity index (χ1v) is 10.3. The molecule has 2 rings (SSSR count). The third-order valence-electron chi connectivity index (χ3n) is 4.29. The van der Waals surface area contributed by atoms with Crippen LogP contribution in [0.15, 0.2) is 42.5 Å². The van der Waals surface area contributed by atoms with Crippen LogP contribution in [0, 0.1) is 5.82 Å². The first-order valence-electron chi connectivity index (χ1n) is 10.3. The number of benzene rings is 2. The highest BCUT2D eigenvalue weighted by atomic mass is 19.1. The summed E-state index contributed by atoms with van der Waals surface area (Å²) in [6, 6.07) is 9.76. The SMILES string of the molecule is CCCOc1ccc(C(=O)OCC(=O)N(CCC(N)=O)c2ccc(F)cc2)cc1OCC. The van der Waals surface area contributed by atoms with Crippen LogP contribution in [0.4, 0.5) is 10.1 Å². The van der Waals surface area contributed by atoms with E-state index in [-0.39, 0.29) is 18.5 Å². The molecule has 9 heteroatoms. The number of primary amides is 1. The van der Waals surface area contributed by atoms with Crippen LogP contribution < -0.4 is 20.1 Å².